The lowest BCUT2D eigenvalue weighted by atomic mass is 9.83. The van der Waals surface area contributed by atoms with Crippen molar-refractivity contribution in [3.63, 3.8) is 0 Å². The van der Waals surface area contributed by atoms with Crippen LogP contribution in [0.25, 0.3) is 11.1 Å². The minimum Gasteiger partial charge on any atom is -0.448 e. The van der Waals surface area contributed by atoms with E-state index in [1.165, 1.54) is 34.2 Å². The predicted octanol–water partition coefficient (Wildman–Crippen LogP) is 6.53. The van der Waals surface area contributed by atoms with Gasteiger partial charge in [0.1, 0.15) is 6.61 Å². The van der Waals surface area contributed by atoms with Crippen molar-refractivity contribution >= 4 is 6.09 Å². The molecule has 3 heteroatoms. The smallest absolute Gasteiger partial charge is 0.410 e. The highest BCUT2D eigenvalue weighted by Crippen LogP contribution is 2.45. The molecule has 1 aliphatic carbocycles. The number of benzene rings is 2. The molecule has 1 fully saturated rings. The first-order valence-electron chi connectivity index (χ1n) is 11.4. The molecule has 2 aliphatic heterocycles. The molecule has 0 saturated carbocycles. The van der Waals surface area contributed by atoms with Crippen molar-refractivity contribution in [1.82, 2.24) is 4.90 Å². The Labute approximate surface area is 179 Å². The summed E-state index contributed by atoms with van der Waals surface area (Å²) in [5.41, 5.74) is 6.60. The van der Waals surface area contributed by atoms with Crippen LogP contribution in [-0.2, 0) is 4.74 Å². The van der Waals surface area contributed by atoms with Gasteiger partial charge in [-0.3, -0.25) is 4.90 Å². The summed E-state index contributed by atoms with van der Waals surface area (Å²) < 4.78 is 5.99. The van der Waals surface area contributed by atoms with Gasteiger partial charge < -0.3 is 4.74 Å². The van der Waals surface area contributed by atoms with Gasteiger partial charge in [0.2, 0.25) is 0 Å². The Hall–Kier alpha value is -2.55. The summed E-state index contributed by atoms with van der Waals surface area (Å²) in [4.78, 5) is 15.2. The highest BCUT2D eigenvalue weighted by molar-refractivity contribution is 5.79. The van der Waals surface area contributed by atoms with Crippen LogP contribution in [0.2, 0.25) is 0 Å². The lowest BCUT2D eigenvalue weighted by Crippen LogP contribution is -2.52. The first-order chi connectivity index (χ1) is 14.6. The van der Waals surface area contributed by atoms with E-state index >= 15 is 0 Å². The van der Waals surface area contributed by atoms with Gasteiger partial charge in [0.25, 0.3) is 0 Å². The Bertz CT molecular complexity index is 931. The molecule has 0 aromatic heterocycles. The van der Waals surface area contributed by atoms with Gasteiger partial charge in [0, 0.05) is 12.0 Å². The third-order valence-electron chi connectivity index (χ3n) is 6.93. The number of hydrogen-bond donors (Lipinski definition) is 0. The second-order valence-electron chi connectivity index (χ2n) is 9.49. The van der Waals surface area contributed by atoms with Crippen LogP contribution in [0.1, 0.15) is 63.0 Å². The van der Waals surface area contributed by atoms with E-state index in [4.69, 9.17) is 4.74 Å². The van der Waals surface area contributed by atoms with Crippen LogP contribution in [0, 0.1) is 5.92 Å². The minimum absolute atomic E-state index is 0.123. The number of nitrogens with zero attached hydrogens (tertiary/aromatic N) is 1. The fourth-order valence-electron chi connectivity index (χ4n) is 5.75. The van der Waals surface area contributed by atoms with Crippen LogP contribution in [-0.4, -0.2) is 29.7 Å². The minimum atomic E-state index is -0.133. The van der Waals surface area contributed by atoms with E-state index in [0.29, 0.717) is 18.6 Å². The molecule has 3 aliphatic rings. The van der Waals surface area contributed by atoms with Gasteiger partial charge in [-0.05, 0) is 60.3 Å². The third kappa shape index (κ3) is 3.45. The molecule has 0 radical (unpaired) electrons. The van der Waals surface area contributed by atoms with Gasteiger partial charge >= 0.3 is 6.09 Å². The fourth-order valence-corrected chi connectivity index (χ4v) is 5.75. The van der Waals surface area contributed by atoms with E-state index in [1.807, 2.05) is 4.90 Å². The summed E-state index contributed by atoms with van der Waals surface area (Å²) in [6.07, 6.45) is 7.74. The zero-order chi connectivity index (χ0) is 20.7. The van der Waals surface area contributed by atoms with Crippen LogP contribution in [0.4, 0.5) is 4.79 Å². The van der Waals surface area contributed by atoms with E-state index < -0.39 is 0 Å². The van der Waals surface area contributed by atoms with Gasteiger partial charge in [-0.1, -0.05) is 74.0 Å². The third-order valence-corrected chi connectivity index (χ3v) is 6.93. The van der Waals surface area contributed by atoms with Crippen LogP contribution >= 0.6 is 0 Å². The number of carbonyl (C=O) groups excluding carboxylic acids is 1. The lowest BCUT2D eigenvalue weighted by molar-refractivity contribution is 0.0505. The average molecular weight is 402 g/mol. The zero-order valence-electron chi connectivity index (χ0n) is 18.0. The second kappa shape index (κ2) is 7.94. The van der Waals surface area contributed by atoms with Crippen molar-refractivity contribution in [2.24, 2.45) is 5.92 Å². The van der Waals surface area contributed by atoms with Gasteiger partial charge in [-0.2, -0.15) is 0 Å². The van der Waals surface area contributed by atoms with Crippen LogP contribution in [0.15, 0.2) is 60.2 Å². The highest BCUT2D eigenvalue weighted by atomic mass is 16.6. The van der Waals surface area contributed by atoms with Crippen LogP contribution in [0.5, 0.6) is 0 Å². The molecule has 2 atom stereocenters. The van der Waals surface area contributed by atoms with E-state index in [2.05, 4.69) is 68.5 Å². The van der Waals surface area contributed by atoms with Crippen LogP contribution < -0.4 is 0 Å². The molecule has 2 aromatic carbocycles. The molecule has 1 amide bonds. The van der Waals surface area contributed by atoms with E-state index in [9.17, 15) is 4.79 Å². The maximum Gasteiger partial charge on any atom is 0.410 e. The molecule has 5 rings (SSSR count). The monoisotopic (exact) mass is 401 g/mol. The summed E-state index contributed by atoms with van der Waals surface area (Å²) in [7, 11) is 0. The summed E-state index contributed by atoms with van der Waals surface area (Å²) in [6.45, 7) is 4.95. The second-order valence-corrected chi connectivity index (χ2v) is 9.49. The Morgan fingerprint density at radius 1 is 1.03 bits per heavy atom. The Morgan fingerprint density at radius 2 is 1.70 bits per heavy atom. The van der Waals surface area contributed by atoms with Gasteiger partial charge in [-0.25, -0.2) is 4.79 Å². The maximum atomic E-state index is 13.2. The number of rotatable bonds is 4. The molecule has 156 valence electrons. The van der Waals surface area contributed by atoms with Crippen molar-refractivity contribution in [3.8, 4) is 11.1 Å². The number of fused-ring (bicyclic) bond motifs is 5. The Morgan fingerprint density at radius 3 is 2.33 bits per heavy atom. The Balaban J connectivity index is 1.33. The molecular weight excluding hydrogens is 370 g/mol. The quantitative estimate of drug-likeness (QED) is 0.545. The normalized spacial score (nSPS) is 22.5. The zero-order valence-corrected chi connectivity index (χ0v) is 18.0. The predicted molar refractivity (Wildman–Crippen MR) is 120 cm³/mol. The Kier molecular flexibility index (Phi) is 5.14. The van der Waals surface area contributed by atoms with Gasteiger partial charge in [-0.15, -0.1) is 0 Å². The molecule has 0 spiro atoms. The van der Waals surface area contributed by atoms with Crippen LogP contribution in [0.3, 0.4) is 0 Å². The SMILES string of the molecule is CC(C)CC1=CC2CCCC(C1)N2C(=O)OCC1c2ccccc2-c2ccccc21. The van der Waals surface area contributed by atoms with Crippen molar-refractivity contribution in [1.29, 1.82) is 0 Å². The number of amides is 1. The topological polar surface area (TPSA) is 29.5 Å². The van der Waals surface area contributed by atoms with Gasteiger partial charge in [0.05, 0.1) is 6.04 Å². The van der Waals surface area contributed by atoms with E-state index in [1.54, 1.807) is 0 Å². The molecule has 1 saturated heterocycles. The number of carbonyl (C=O) groups is 1. The first kappa shape index (κ1) is 19.4. The van der Waals surface area contributed by atoms with E-state index in [-0.39, 0.29) is 18.1 Å². The molecule has 2 aromatic rings. The fraction of sp³-hybridized carbons (Fsp3) is 0.444. The first-order valence-corrected chi connectivity index (χ1v) is 11.4. The number of ether oxygens (including phenoxy) is 1. The molecule has 3 nitrogen and oxygen atoms in total. The van der Waals surface area contributed by atoms with Gasteiger partial charge in [0.15, 0.2) is 0 Å². The molecular formula is C27H31NO2. The molecule has 0 N–H and O–H groups in total. The molecule has 30 heavy (non-hydrogen) atoms. The highest BCUT2D eigenvalue weighted by Gasteiger charge is 2.38. The molecule has 2 heterocycles. The summed E-state index contributed by atoms with van der Waals surface area (Å²) in [5.74, 6) is 0.788. The summed E-state index contributed by atoms with van der Waals surface area (Å²) in [6, 6.07) is 17.5. The molecule has 2 unspecified atom stereocenters. The summed E-state index contributed by atoms with van der Waals surface area (Å²) in [5, 5.41) is 0. The lowest BCUT2D eigenvalue weighted by Gasteiger charge is -2.44. The summed E-state index contributed by atoms with van der Waals surface area (Å²) >= 11 is 0. The van der Waals surface area contributed by atoms with Crippen molar-refractivity contribution in [3.05, 3.63) is 71.3 Å². The van der Waals surface area contributed by atoms with Crippen molar-refractivity contribution in [2.75, 3.05) is 6.61 Å². The number of piperidine rings is 1. The average Bonchev–Trinajstić information content (AvgIpc) is 3.05. The van der Waals surface area contributed by atoms with Crippen molar-refractivity contribution < 1.29 is 9.53 Å². The standard InChI is InChI=1S/C27H31NO2/c1-18(2)14-19-15-20-8-7-9-21(16-19)28(20)27(29)30-17-26-24-12-5-3-10-22(24)23-11-4-6-13-25(23)26/h3-6,10-13,15,18,20-21,26H,7-9,14,16-17H2,1-2H3. The molecule has 2 bridgehead atoms. The maximum absolute atomic E-state index is 13.2. The van der Waals surface area contributed by atoms with Crippen molar-refractivity contribution in [2.45, 2.75) is 64.0 Å². The van der Waals surface area contributed by atoms with E-state index in [0.717, 1.165) is 25.7 Å². The largest absolute Gasteiger partial charge is 0.448 e. The number of hydrogen-bond acceptors (Lipinski definition) is 2.